The molecule has 2 rings (SSSR count). The van der Waals surface area contributed by atoms with Crippen molar-refractivity contribution in [1.82, 2.24) is 9.80 Å². The van der Waals surface area contributed by atoms with Gasteiger partial charge in [0.2, 0.25) is 11.8 Å². The van der Waals surface area contributed by atoms with E-state index in [2.05, 4.69) is 12.1 Å². The summed E-state index contributed by atoms with van der Waals surface area (Å²) >= 11 is 0. The Balaban J connectivity index is 2.05. The molecule has 0 saturated heterocycles. The van der Waals surface area contributed by atoms with Gasteiger partial charge in [-0.25, -0.2) is 0 Å². The molecule has 0 aliphatic heterocycles. The van der Waals surface area contributed by atoms with Crippen LogP contribution in [0.2, 0.25) is 0 Å². The molecule has 0 bridgehead atoms. The van der Waals surface area contributed by atoms with Gasteiger partial charge in [-0.3, -0.25) is 9.59 Å². The standard InChI is InChI=1S/C24H34N2O4/c1-4-23(27)25(15-9-17-29-5-2)19-24(28)26(18-22-13-12-20(3)30-22)16-14-21-10-7-6-8-11-21/h6-8,10-13H,4-5,9,14-19H2,1-3H3. The second-order valence-corrected chi connectivity index (χ2v) is 7.28. The molecule has 2 aromatic rings. The predicted octanol–water partition coefficient (Wildman–Crippen LogP) is 3.82. The maximum Gasteiger partial charge on any atom is 0.242 e. The monoisotopic (exact) mass is 414 g/mol. The Morgan fingerprint density at radius 1 is 0.967 bits per heavy atom. The highest BCUT2D eigenvalue weighted by atomic mass is 16.5. The summed E-state index contributed by atoms with van der Waals surface area (Å²) in [5, 5.41) is 0. The molecular weight excluding hydrogens is 380 g/mol. The first-order chi connectivity index (χ1) is 14.5. The van der Waals surface area contributed by atoms with Gasteiger partial charge in [-0.05, 0) is 44.4 Å². The summed E-state index contributed by atoms with van der Waals surface area (Å²) in [5.74, 6) is 1.48. The van der Waals surface area contributed by atoms with Gasteiger partial charge < -0.3 is 19.0 Å². The fourth-order valence-electron chi connectivity index (χ4n) is 3.24. The third kappa shape index (κ3) is 8.03. The van der Waals surface area contributed by atoms with Gasteiger partial charge in [-0.1, -0.05) is 37.3 Å². The molecule has 0 unspecified atom stereocenters. The Labute approximate surface area is 179 Å². The molecule has 6 heteroatoms. The molecular formula is C24H34N2O4. The minimum atomic E-state index is -0.0711. The number of hydrogen-bond donors (Lipinski definition) is 0. The van der Waals surface area contributed by atoms with Gasteiger partial charge in [0.1, 0.15) is 11.5 Å². The summed E-state index contributed by atoms with van der Waals surface area (Å²) in [6.07, 6.45) is 1.84. The zero-order chi connectivity index (χ0) is 21.8. The Kier molecular flexibility index (Phi) is 10.1. The van der Waals surface area contributed by atoms with Crippen LogP contribution in [0.5, 0.6) is 0 Å². The zero-order valence-corrected chi connectivity index (χ0v) is 18.4. The number of rotatable bonds is 13. The van der Waals surface area contributed by atoms with Gasteiger partial charge >= 0.3 is 0 Å². The lowest BCUT2D eigenvalue weighted by atomic mass is 10.1. The van der Waals surface area contributed by atoms with Crippen LogP contribution in [-0.4, -0.2) is 54.5 Å². The number of hydrogen-bond acceptors (Lipinski definition) is 4. The molecule has 6 nitrogen and oxygen atoms in total. The topological polar surface area (TPSA) is 63.0 Å². The lowest BCUT2D eigenvalue weighted by molar-refractivity contribution is -0.141. The number of furan rings is 1. The SMILES string of the molecule is CCOCCCN(CC(=O)N(CCc1ccccc1)Cc1ccc(C)o1)C(=O)CC. The molecule has 0 aliphatic carbocycles. The molecule has 0 fully saturated rings. The largest absolute Gasteiger partial charge is 0.464 e. The number of aryl methyl sites for hydroxylation is 1. The fraction of sp³-hybridized carbons (Fsp3) is 0.500. The number of carbonyl (C=O) groups is 2. The molecule has 0 atom stereocenters. The van der Waals surface area contributed by atoms with Crippen LogP contribution in [0, 0.1) is 6.92 Å². The fourth-order valence-corrected chi connectivity index (χ4v) is 3.24. The van der Waals surface area contributed by atoms with Crippen molar-refractivity contribution in [3.05, 3.63) is 59.5 Å². The Bertz CT molecular complexity index is 773. The quantitative estimate of drug-likeness (QED) is 0.468. The van der Waals surface area contributed by atoms with Gasteiger partial charge in [-0.2, -0.15) is 0 Å². The molecule has 2 amide bonds. The first-order valence-electron chi connectivity index (χ1n) is 10.8. The van der Waals surface area contributed by atoms with Crippen molar-refractivity contribution in [3.63, 3.8) is 0 Å². The van der Waals surface area contributed by atoms with Crippen molar-refractivity contribution >= 4 is 11.8 Å². The Morgan fingerprint density at radius 3 is 2.37 bits per heavy atom. The van der Waals surface area contributed by atoms with Gasteiger partial charge in [0.15, 0.2) is 0 Å². The van der Waals surface area contributed by atoms with Crippen LogP contribution in [0.1, 0.15) is 43.8 Å². The maximum absolute atomic E-state index is 13.2. The van der Waals surface area contributed by atoms with E-state index in [1.165, 1.54) is 5.56 Å². The number of benzene rings is 1. The first-order valence-corrected chi connectivity index (χ1v) is 10.8. The number of carbonyl (C=O) groups excluding carboxylic acids is 2. The van der Waals surface area contributed by atoms with Crippen molar-refractivity contribution < 1.29 is 18.7 Å². The zero-order valence-electron chi connectivity index (χ0n) is 18.4. The predicted molar refractivity (Wildman–Crippen MR) is 117 cm³/mol. The molecule has 0 aliphatic rings. The van der Waals surface area contributed by atoms with Crippen LogP contribution in [0.25, 0.3) is 0 Å². The van der Waals surface area contributed by atoms with Gasteiger partial charge in [0.25, 0.3) is 0 Å². The summed E-state index contributed by atoms with van der Waals surface area (Å²) in [6.45, 7) is 8.44. The van der Waals surface area contributed by atoms with Crippen LogP contribution in [0.15, 0.2) is 46.9 Å². The van der Waals surface area contributed by atoms with Crippen molar-refractivity contribution in [2.24, 2.45) is 0 Å². The first kappa shape index (κ1) is 23.7. The molecule has 30 heavy (non-hydrogen) atoms. The Morgan fingerprint density at radius 2 is 1.73 bits per heavy atom. The van der Waals surface area contributed by atoms with Crippen LogP contribution in [-0.2, 0) is 27.3 Å². The smallest absolute Gasteiger partial charge is 0.242 e. The highest BCUT2D eigenvalue weighted by Crippen LogP contribution is 2.12. The van der Waals surface area contributed by atoms with E-state index in [0.717, 1.165) is 17.9 Å². The molecule has 0 radical (unpaired) electrons. The van der Waals surface area contributed by atoms with Crippen molar-refractivity contribution in [2.45, 2.75) is 46.6 Å². The van der Waals surface area contributed by atoms with Crippen LogP contribution < -0.4 is 0 Å². The second-order valence-electron chi connectivity index (χ2n) is 7.28. The van der Waals surface area contributed by atoms with E-state index in [9.17, 15) is 9.59 Å². The van der Waals surface area contributed by atoms with E-state index < -0.39 is 0 Å². The third-order valence-electron chi connectivity index (χ3n) is 4.91. The average Bonchev–Trinajstić information content (AvgIpc) is 3.17. The maximum atomic E-state index is 13.2. The third-order valence-corrected chi connectivity index (χ3v) is 4.91. The van der Waals surface area contributed by atoms with Gasteiger partial charge in [0, 0.05) is 32.7 Å². The molecule has 0 spiro atoms. The average molecular weight is 415 g/mol. The van der Waals surface area contributed by atoms with Crippen molar-refractivity contribution in [2.75, 3.05) is 32.8 Å². The highest BCUT2D eigenvalue weighted by molar-refractivity contribution is 5.84. The molecule has 1 aromatic heterocycles. The molecule has 0 saturated carbocycles. The minimum absolute atomic E-state index is 0.0169. The highest BCUT2D eigenvalue weighted by Gasteiger charge is 2.21. The summed E-state index contributed by atoms with van der Waals surface area (Å²) in [5.41, 5.74) is 1.17. The number of ether oxygens (including phenoxy) is 1. The number of nitrogens with zero attached hydrogens (tertiary/aromatic N) is 2. The molecule has 1 aromatic carbocycles. The summed E-state index contributed by atoms with van der Waals surface area (Å²) in [7, 11) is 0. The van der Waals surface area contributed by atoms with E-state index >= 15 is 0 Å². The van der Waals surface area contributed by atoms with Gasteiger partial charge in [0.05, 0.1) is 13.1 Å². The van der Waals surface area contributed by atoms with E-state index in [-0.39, 0.29) is 18.4 Å². The summed E-state index contributed by atoms with van der Waals surface area (Å²) < 4.78 is 11.1. The normalized spacial score (nSPS) is 10.8. The van der Waals surface area contributed by atoms with Crippen molar-refractivity contribution in [1.29, 1.82) is 0 Å². The lowest BCUT2D eigenvalue weighted by Crippen LogP contribution is -2.43. The van der Waals surface area contributed by atoms with Gasteiger partial charge in [-0.15, -0.1) is 0 Å². The summed E-state index contributed by atoms with van der Waals surface area (Å²) in [4.78, 5) is 28.9. The van der Waals surface area contributed by atoms with E-state index in [0.29, 0.717) is 45.7 Å². The van der Waals surface area contributed by atoms with Crippen LogP contribution >= 0.6 is 0 Å². The number of amides is 2. The second kappa shape index (κ2) is 12.9. The lowest BCUT2D eigenvalue weighted by Gasteiger charge is -2.27. The van der Waals surface area contributed by atoms with Crippen LogP contribution in [0.3, 0.4) is 0 Å². The Hall–Kier alpha value is -2.60. The van der Waals surface area contributed by atoms with E-state index in [1.54, 1.807) is 9.80 Å². The molecule has 1 heterocycles. The van der Waals surface area contributed by atoms with E-state index in [1.807, 2.05) is 51.1 Å². The summed E-state index contributed by atoms with van der Waals surface area (Å²) in [6, 6.07) is 13.9. The van der Waals surface area contributed by atoms with Crippen molar-refractivity contribution in [3.8, 4) is 0 Å². The molecule has 164 valence electrons. The van der Waals surface area contributed by atoms with E-state index in [4.69, 9.17) is 9.15 Å². The minimum Gasteiger partial charge on any atom is -0.464 e. The molecule has 0 N–H and O–H groups in total. The van der Waals surface area contributed by atoms with Crippen LogP contribution in [0.4, 0.5) is 0 Å².